The molecule has 0 radical (unpaired) electrons. The van der Waals surface area contributed by atoms with Crippen molar-refractivity contribution in [1.82, 2.24) is 5.32 Å². The Kier molecular flexibility index (Phi) is 7.80. The Balaban J connectivity index is 1.88. The highest BCUT2D eigenvalue weighted by atomic mass is 35.5. The summed E-state index contributed by atoms with van der Waals surface area (Å²) in [5.74, 6) is 0. The van der Waals surface area contributed by atoms with Gasteiger partial charge in [-0.2, -0.15) is 0 Å². The Hall–Kier alpha value is -0.130. The van der Waals surface area contributed by atoms with Crippen molar-refractivity contribution in [3.8, 4) is 0 Å². The second-order valence-electron chi connectivity index (χ2n) is 3.34. The van der Waals surface area contributed by atoms with Crippen molar-refractivity contribution in [2.75, 3.05) is 33.5 Å². The topological polar surface area (TPSA) is 30.5 Å². The lowest BCUT2D eigenvalue weighted by Crippen LogP contribution is -2.16. The van der Waals surface area contributed by atoms with Gasteiger partial charge in [0.2, 0.25) is 0 Å². The molecule has 0 aliphatic rings. The average molecular weight is 264 g/mol. The molecule has 1 heterocycles. The monoisotopic (exact) mass is 263 g/mol. The maximum atomic E-state index is 5.83. The van der Waals surface area contributed by atoms with Crippen LogP contribution in [0.5, 0.6) is 0 Å². The van der Waals surface area contributed by atoms with Crippen molar-refractivity contribution in [2.24, 2.45) is 0 Å². The number of rotatable bonds is 9. The molecule has 0 spiro atoms. The molecule has 1 rings (SSSR count). The fraction of sp³-hybridized carbons (Fsp3) is 0.636. The first-order valence-corrected chi connectivity index (χ1v) is 6.54. The van der Waals surface area contributed by atoms with Gasteiger partial charge in [0, 0.05) is 25.1 Å². The Morgan fingerprint density at radius 1 is 1.31 bits per heavy atom. The van der Waals surface area contributed by atoms with E-state index in [0.29, 0.717) is 13.2 Å². The Morgan fingerprint density at radius 2 is 2.19 bits per heavy atom. The van der Waals surface area contributed by atoms with Gasteiger partial charge in [-0.1, -0.05) is 11.6 Å². The summed E-state index contributed by atoms with van der Waals surface area (Å²) in [7, 11) is 1.68. The minimum atomic E-state index is 0.668. The zero-order chi connectivity index (χ0) is 11.6. The minimum absolute atomic E-state index is 0.668. The molecule has 0 aliphatic carbocycles. The summed E-state index contributed by atoms with van der Waals surface area (Å²) in [5, 5.41) is 3.35. The first-order valence-electron chi connectivity index (χ1n) is 5.34. The fourth-order valence-corrected chi connectivity index (χ4v) is 2.26. The molecule has 1 aromatic heterocycles. The van der Waals surface area contributed by atoms with Crippen molar-refractivity contribution >= 4 is 22.9 Å². The van der Waals surface area contributed by atoms with Crippen LogP contribution in [0.15, 0.2) is 12.1 Å². The molecule has 0 fully saturated rings. The van der Waals surface area contributed by atoms with E-state index in [1.165, 1.54) is 4.88 Å². The van der Waals surface area contributed by atoms with Crippen molar-refractivity contribution in [1.29, 1.82) is 0 Å². The molecule has 92 valence electrons. The van der Waals surface area contributed by atoms with Gasteiger partial charge < -0.3 is 14.8 Å². The van der Waals surface area contributed by atoms with Crippen LogP contribution in [-0.4, -0.2) is 33.5 Å². The highest BCUT2D eigenvalue weighted by molar-refractivity contribution is 7.16. The Labute approximate surface area is 106 Å². The van der Waals surface area contributed by atoms with Crippen molar-refractivity contribution in [3.05, 3.63) is 21.3 Å². The molecule has 0 saturated heterocycles. The third kappa shape index (κ3) is 6.45. The van der Waals surface area contributed by atoms with Gasteiger partial charge in [0.1, 0.15) is 0 Å². The number of hydrogen-bond donors (Lipinski definition) is 1. The number of thiophene rings is 1. The van der Waals surface area contributed by atoms with Gasteiger partial charge >= 0.3 is 0 Å². The average Bonchev–Trinajstić information content (AvgIpc) is 2.68. The number of methoxy groups -OCH3 is 1. The predicted molar refractivity (Wildman–Crippen MR) is 68.3 cm³/mol. The predicted octanol–water partition coefficient (Wildman–Crippen LogP) is 2.54. The maximum Gasteiger partial charge on any atom is 0.0931 e. The van der Waals surface area contributed by atoms with E-state index in [2.05, 4.69) is 11.4 Å². The highest BCUT2D eigenvalue weighted by Gasteiger charge is 1.96. The van der Waals surface area contributed by atoms with Crippen LogP contribution in [0.4, 0.5) is 0 Å². The van der Waals surface area contributed by atoms with Crippen LogP contribution in [0.25, 0.3) is 0 Å². The van der Waals surface area contributed by atoms with Crippen LogP contribution in [0.1, 0.15) is 11.3 Å². The summed E-state index contributed by atoms with van der Waals surface area (Å²) in [4.78, 5) is 1.27. The molecule has 5 heteroatoms. The smallest absolute Gasteiger partial charge is 0.0931 e. The molecule has 0 saturated carbocycles. The summed E-state index contributed by atoms with van der Waals surface area (Å²) in [6.07, 6.45) is 1.02. The van der Waals surface area contributed by atoms with Crippen molar-refractivity contribution in [3.63, 3.8) is 0 Å². The summed E-state index contributed by atoms with van der Waals surface area (Å²) in [5.41, 5.74) is 0. The highest BCUT2D eigenvalue weighted by Crippen LogP contribution is 2.20. The van der Waals surface area contributed by atoms with Crippen LogP contribution in [-0.2, 0) is 16.0 Å². The van der Waals surface area contributed by atoms with E-state index in [1.807, 2.05) is 6.07 Å². The molecular weight excluding hydrogens is 246 g/mol. The van der Waals surface area contributed by atoms with E-state index >= 15 is 0 Å². The summed E-state index contributed by atoms with van der Waals surface area (Å²) in [6, 6.07) is 3.98. The molecule has 0 bridgehead atoms. The second-order valence-corrected chi connectivity index (χ2v) is 5.14. The molecule has 0 atom stereocenters. The maximum absolute atomic E-state index is 5.83. The van der Waals surface area contributed by atoms with Gasteiger partial charge in [-0.25, -0.2) is 0 Å². The SMILES string of the molecule is COCCOCCCNCc1ccc(Cl)s1. The molecule has 0 aromatic carbocycles. The standard InChI is InChI=1S/C11H18ClNO2S/c1-14-7-8-15-6-2-5-13-9-10-3-4-11(12)16-10/h3-4,13H,2,5-9H2,1H3. The molecular formula is C11H18ClNO2S. The van der Waals surface area contributed by atoms with Gasteiger partial charge in [-0.15, -0.1) is 11.3 Å². The lowest BCUT2D eigenvalue weighted by Gasteiger charge is -2.04. The van der Waals surface area contributed by atoms with Gasteiger partial charge in [-0.05, 0) is 25.1 Å². The van der Waals surface area contributed by atoms with Crippen LogP contribution < -0.4 is 5.32 Å². The van der Waals surface area contributed by atoms with E-state index in [4.69, 9.17) is 21.1 Å². The minimum Gasteiger partial charge on any atom is -0.382 e. The van der Waals surface area contributed by atoms with Gasteiger partial charge in [-0.3, -0.25) is 0 Å². The van der Waals surface area contributed by atoms with E-state index in [1.54, 1.807) is 18.4 Å². The third-order valence-electron chi connectivity index (χ3n) is 2.00. The quantitative estimate of drug-likeness (QED) is 0.695. The summed E-state index contributed by atoms with van der Waals surface area (Å²) in [6.45, 7) is 3.97. The van der Waals surface area contributed by atoms with Gasteiger partial charge in [0.05, 0.1) is 17.6 Å². The van der Waals surface area contributed by atoms with Crippen LogP contribution in [0, 0.1) is 0 Å². The zero-order valence-corrected chi connectivity index (χ0v) is 11.1. The van der Waals surface area contributed by atoms with E-state index < -0.39 is 0 Å². The Bertz CT molecular complexity index is 281. The van der Waals surface area contributed by atoms with E-state index in [-0.39, 0.29) is 0 Å². The summed E-state index contributed by atoms with van der Waals surface area (Å²) >= 11 is 7.45. The first-order chi connectivity index (χ1) is 7.83. The molecule has 0 aliphatic heterocycles. The van der Waals surface area contributed by atoms with Crippen LogP contribution in [0.3, 0.4) is 0 Å². The number of hydrogen-bond acceptors (Lipinski definition) is 4. The lowest BCUT2D eigenvalue weighted by molar-refractivity contribution is 0.0695. The van der Waals surface area contributed by atoms with Crippen LogP contribution in [0.2, 0.25) is 4.34 Å². The normalized spacial score (nSPS) is 10.9. The van der Waals surface area contributed by atoms with E-state index in [9.17, 15) is 0 Å². The van der Waals surface area contributed by atoms with Crippen molar-refractivity contribution < 1.29 is 9.47 Å². The number of ether oxygens (including phenoxy) is 2. The fourth-order valence-electron chi connectivity index (χ4n) is 1.20. The third-order valence-corrected chi connectivity index (χ3v) is 3.23. The van der Waals surface area contributed by atoms with Crippen molar-refractivity contribution in [2.45, 2.75) is 13.0 Å². The molecule has 1 aromatic rings. The first kappa shape index (κ1) is 13.9. The molecule has 0 unspecified atom stereocenters. The molecule has 0 amide bonds. The zero-order valence-electron chi connectivity index (χ0n) is 9.50. The van der Waals surface area contributed by atoms with Gasteiger partial charge in [0.15, 0.2) is 0 Å². The largest absolute Gasteiger partial charge is 0.382 e. The van der Waals surface area contributed by atoms with Crippen LogP contribution >= 0.6 is 22.9 Å². The van der Waals surface area contributed by atoms with Gasteiger partial charge in [0.25, 0.3) is 0 Å². The number of halogens is 1. The van der Waals surface area contributed by atoms with E-state index in [0.717, 1.165) is 30.5 Å². The second kappa shape index (κ2) is 8.96. The molecule has 1 N–H and O–H groups in total. The molecule has 3 nitrogen and oxygen atoms in total. The Morgan fingerprint density at radius 3 is 2.88 bits per heavy atom. The number of nitrogens with one attached hydrogen (secondary N) is 1. The summed E-state index contributed by atoms with van der Waals surface area (Å²) < 4.78 is 11.1. The lowest BCUT2D eigenvalue weighted by atomic mass is 10.4. The molecule has 16 heavy (non-hydrogen) atoms.